The van der Waals surface area contributed by atoms with Gasteiger partial charge >= 0.3 is 0 Å². The Kier molecular flexibility index (Phi) is 5.06. The third kappa shape index (κ3) is 3.70. The number of aromatic hydroxyl groups is 1. The normalized spacial score (nSPS) is 24.2. The van der Waals surface area contributed by atoms with E-state index >= 15 is 0 Å². The van der Waals surface area contributed by atoms with Crippen molar-refractivity contribution in [1.29, 1.82) is 0 Å². The van der Waals surface area contributed by atoms with E-state index in [0.717, 1.165) is 35.7 Å². The highest BCUT2D eigenvalue weighted by molar-refractivity contribution is 9.11. The van der Waals surface area contributed by atoms with Crippen LogP contribution in [0.3, 0.4) is 0 Å². The van der Waals surface area contributed by atoms with Crippen molar-refractivity contribution in [1.82, 2.24) is 5.32 Å². The summed E-state index contributed by atoms with van der Waals surface area (Å²) in [7, 11) is 0. The Balaban J connectivity index is 1.95. The van der Waals surface area contributed by atoms with E-state index in [0.29, 0.717) is 17.1 Å². The maximum Gasteiger partial charge on any atom is 0.130 e. The van der Waals surface area contributed by atoms with Gasteiger partial charge in [0.05, 0.1) is 10.6 Å². The maximum absolute atomic E-state index is 9.67. The SMILES string of the molecule is Oc1cc(CNC2CCCC(O)C2)c(Br)cc1Br. The van der Waals surface area contributed by atoms with E-state index in [-0.39, 0.29) is 11.9 Å². The first-order valence-electron chi connectivity index (χ1n) is 6.14. The number of phenols is 1. The third-order valence-corrected chi connectivity index (χ3v) is 4.72. The van der Waals surface area contributed by atoms with E-state index < -0.39 is 0 Å². The van der Waals surface area contributed by atoms with Crippen LogP contribution in [0.1, 0.15) is 31.2 Å². The standard InChI is InChI=1S/C13H17Br2NO2/c14-11-6-12(15)13(18)4-8(11)7-16-9-2-1-3-10(17)5-9/h4,6,9-10,16-18H,1-3,5,7H2. The van der Waals surface area contributed by atoms with Crippen molar-refractivity contribution in [2.24, 2.45) is 0 Å². The number of hydrogen-bond acceptors (Lipinski definition) is 3. The summed E-state index contributed by atoms with van der Waals surface area (Å²) in [5.74, 6) is 0.249. The van der Waals surface area contributed by atoms with Crippen LogP contribution in [-0.4, -0.2) is 22.4 Å². The molecule has 1 aliphatic rings. The Bertz CT molecular complexity index is 426. The Morgan fingerprint density at radius 2 is 2.00 bits per heavy atom. The molecule has 0 spiro atoms. The summed E-state index contributed by atoms with van der Waals surface area (Å²) in [6, 6.07) is 3.97. The van der Waals surface area contributed by atoms with Crippen LogP contribution in [0.4, 0.5) is 0 Å². The molecule has 0 aliphatic heterocycles. The molecule has 0 radical (unpaired) electrons. The van der Waals surface area contributed by atoms with E-state index in [4.69, 9.17) is 0 Å². The lowest BCUT2D eigenvalue weighted by Crippen LogP contribution is -2.35. The van der Waals surface area contributed by atoms with Gasteiger partial charge in [-0.3, -0.25) is 0 Å². The molecule has 0 heterocycles. The zero-order valence-corrected chi connectivity index (χ0v) is 13.2. The summed E-state index contributed by atoms with van der Waals surface area (Å²) >= 11 is 6.77. The number of rotatable bonds is 3. The average molecular weight is 379 g/mol. The monoisotopic (exact) mass is 377 g/mol. The highest BCUT2D eigenvalue weighted by Gasteiger charge is 2.19. The van der Waals surface area contributed by atoms with Crippen LogP contribution in [0.15, 0.2) is 21.1 Å². The first-order valence-corrected chi connectivity index (χ1v) is 7.73. The minimum Gasteiger partial charge on any atom is -0.507 e. The van der Waals surface area contributed by atoms with Gasteiger partial charge in [-0.05, 0) is 59.3 Å². The molecule has 5 heteroatoms. The summed E-state index contributed by atoms with van der Waals surface area (Å²) in [5, 5.41) is 22.7. The van der Waals surface area contributed by atoms with Gasteiger partial charge in [-0.15, -0.1) is 0 Å². The van der Waals surface area contributed by atoms with Gasteiger partial charge in [0.1, 0.15) is 5.75 Å². The molecule has 2 rings (SSSR count). The summed E-state index contributed by atoms with van der Waals surface area (Å²) in [5.41, 5.74) is 1.02. The molecular weight excluding hydrogens is 362 g/mol. The number of aliphatic hydroxyl groups is 1. The predicted molar refractivity (Wildman–Crippen MR) is 78.6 cm³/mol. The van der Waals surface area contributed by atoms with Crippen LogP contribution in [0, 0.1) is 0 Å². The quantitative estimate of drug-likeness (QED) is 0.756. The van der Waals surface area contributed by atoms with Crippen molar-refractivity contribution in [2.45, 2.75) is 44.4 Å². The van der Waals surface area contributed by atoms with Crippen LogP contribution >= 0.6 is 31.9 Å². The van der Waals surface area contributed by atoms with Gasteiger partial charge < -0.3 is 15.5 Å². The molecule has 1 saturated carbocycles. The average Bonchev–Trinajstić information content (AvgIpc) is 2.32. The second-order valence-electron chi connectivity index (χ2n) is 4.79. The number of hydrogen-bond donors (Lipinski definition) is 3. The minimum absolute atomic E-state index is 0.169. The van der Waals surface area contributed by atoms with Crippen molar-refractivity contribution in [3.8, 4) is 5.75 Å². The van der Waals surface area contributed by atoms with Crippen LogP contribution in [0.25, 0.3) is 0 Å². The van der Waals surface area contributed by atoms with Gasteiger partial charge in [0.15, 0.2) is 0 Å². The van der Waals surface area contributed by atoms with Crippen LogP contribution < -0.4 is 5.32 Å². The first kappa shape index (κ1) is 14.3. The lowest BCUT2D eigenvalue weighted by molar-refractivity contribution is 0.111. The molecule has 2 atom stereocenters. The molecule has 1 fully saturated rings. The van der Waals surface area contributed by atoms with Crippen molar-refractivity contribution < 1.29 is 10.2 Å². The Morgan fingerprint density at radius 1 is 1.22 bits per heavy atom. The topological polar surface area (TPSA) is 52.5 Å². The summed E-state index contributed by atoms with van der Waals surface area (Å²) < 4.78 is 1.65. The zero-order valence-electron chi connectivity index (χ0n) is 10.00. The smallest absolute Gasteiger partial charge is 0.130 e. The van der Waals surface area contributed by atoms with Gasteiger partial charge in [0, 0.05) is 17.1 Å². The molecular formula is C13H17Br2NO2. The number of benzene rings is 1. The van der Waals surface area contributed by atoms with E-state index in [9.17, 15) is 10.2 Å². The van der Waals surface area contributed by atoms with Crippen LogP contribution in [0.5, 0.6) is 5.75 Å². The van der Waals surface area contributed by atoms with E-state index in [2.05, 4.69) is 37.2 Å². The van der Waals surface area contributed by atoms with Gasteiger partial charge in [-0.1, -0.05) is 15.9 Å². The molecule has 1 aromatic carbocycles. The molecule has 100 valence electrons. The van der Waals surface area contributed by atoms with Gasteiger partial charge in [-0.2, -0.15) is 0 Å². The summed E-state index contributed by atoms with van der Waals surface area (Å²) in [4.78, 5) is 0. The Hall–Kier alpha value is -0.100. The van der Waals surface area contributed by atoms with Crippen molar-refractivity contribution >= 4 is 31.9 Å². The lowest BCUT2D eigenvalue weighted by Gasteiger charge is -2.27. The molecule has 0 bridgehead atoms. The molecule has 1 aromatic rings. The maximum atomic E-state index is 9.67. The number of phenolic OH excluding ortho intramolecular Hbond substituents is 1. The molecule has 3 nitrogen and oxygen atoms in total. The molecule has 0 aromatic heterocycles. The van der Waals surface area contributed by atoms with E-state index in [1.807, 2.05) is 6.07 Å². The molecule has 0 saturated heterocycles. The van der Waals surface area contributed by atoms with E-state index in [1.165, 1.54) is 0 Å². The second kappa shape index (κ2) is 6.37. The van der Waals surface area contributed by atoms with Crippen LogP contribution in [-0.2, 0) is 6.54 Å². The fourth-order valence-corrected chi connectivity index (χ4v) is 3.45. The van der Waals surface area contributed by atoms with Crippen LogP contribution in [0.2, 0.25) is 0 Å². The van der Waals surface area contributed by atoms with Gasteiger partial charge in [0.25, 0.3) is 0 Å². The Labute approximate surface area is 124 Å². The highest BCUT2D eigenvalue weighted by atomic mass is 79.9. The first-order chi connectivity index (χ1) is 8.56. The van der Waals surface area contributed by atoms with E-state index in [1.54, 1.807) is 6.07 Å². The highest BCUT2D eigenvalue weighted by Crippen LogP contribution is 2.30. The van der Waals surface area contributed by atoms with Crippen molar-refractivity contribution in [3.05, 3.63) is 26.6 Å². The number of halogens is 2. The number of aliphatic hydroxyl groups excluding tert-OH is 1. The number of nitrogens with one attached hydrogen (secondary N) is 1. The fourth-order valence-electron chi connectivity index (χ4n) is 2.32. The second-order valence-corrected chi connectivity index (χ2v) is 6.50. The molecule has 0 amide bonds. The molecule has 1 aliphatic carbocycles. The molecule has 18 heavy (non-hydrogen) atoms. The van der Waals surface area contributed by atoms with Crippen molar-refractivity contribution in [3.63, 3.8) is 0 Å². The van der Waals surface area contributed by atoms with Gasteiger partial charge in [0.2, 0.25) is 0 Å². The molecule has 2 unspecified atom stereocenters. The van der Waals surface area contributed by atoms with Crippen molar-refractivity contribution in [2.75, 3.05) is 0 Å². The molecule has 3 N–H and O–H groups in total. The Morgan fingerprint density at radius 3 is 2.72 bits per heavy atom. The zero-order chi connectivity index (χ0) is 13.1. The fraction of sp³-hybridized carbons (Fsp3) is 0.538. The lowest BCUT2D eigenvalue weighted by atomic mass is 9.93. The summed E-state index contributed by atoms with van der Waals surface area (Å²) in [6.45, 7) is 0.693. The van der Waals surface area contributed by atoms with Gasteiger partial charge in [-0.25, -0.2) is 0 Å². The minimum atomic E-state index is -0.169. The third-order valence-electron chi connectivity index (χ3n) is 3.34. The predicted octanol–water partition coefficient (Wildman–Crippen LogP) is 3.31. The summed E-state index contributed by atoms with van der Waals surface area (Å²) in [6.07, 6.45) is 3.75. The largest absolute Gasteiger partial charge is 0.507 e.